The van der Waals surface area contributed by atoms with Gasteiger partial charge in [-0.15, -0.1) is 11.3 Å². The van der Waals surface area contributed by atoms with Crippen molar-refractivity contribution in [3.63, 3.8) is 0 Å². The third-order valence-electron chi connectivity index (χ3n) is 4.56. The molecule has 0 aliphatic carbocycles. The van der Waals surface area contributed by atoms with Crippen LogP contribution in [0.4, 0.5) is 0 Å². The van der Waals surface area contributed by atoms with E-state index in [4.69, 9.17) is 0 Å². The van der Waals surface area contributed by atoms with Gasteiger partial charge in [-0.25, -0.2) is 4.98 Å². The Hall–Kier alpha value is -2.02. The minimum Gasteiger partial charge on any atom is -0.341 e. The van der Waals surface area contributed by atoms with Crippen molar-refractivity contribution < 1.29 is 4.79 Å². The fraction of sp³-hybridized carbons (Fsp3) is 0.364. The number of nitrogens with zero attached hydrogens (tertiary/aromatic N) is 3. The van der Waals surface area contributed by atoms with Gasteiger partial charge in [0.25, 0.3) is 0 Å². The highest BCUT2D eigenvalue weighted by atomic mass is 32.1. The van der Waals surface area contributed by atoms with E-state index in [1.807, 2.05) is 30.4 Å². The van der Waals surface area contributed by atoms with E-state index >= 15 is 0 Å². The number of aryl methyl sites for hydroxylation is 1. The molecule has 0 radical (unpaired) electrons. The van der Waals surface area contributed by atoms with E-state index in [1.165, 1.54) is 5.56 Å². The molecular formula is C22H27N3OS2. The molecule has 148 valence electrons. The summed E-state index contributed by atoms with van der Waals surface area (Å²) >= 11 is 3.28. The second kappa shape index (κ2) is 10.5. The van der Waals surface area contributed by atoms with Gasteiger partial charge in [0, 0.05) is 36.0 Å². The zero-order chi connectivity index (χ0) is 19.8. The molecule has 3 rings (SSSR count). The smallest absolute Gasteiger partial charge is 0.228 e. The van der Waals surface area contributed by atoms with Crippen LogP contribution in [-0.2, 0) is 17.6 Å². The third kappa shape index (κ3) is 6.26. The van der Waals surface area contributed by atoms with Crippen LogP contribution in [0, 0.1) is 0 Å². The SMILES string of the molecule is CN(C)CCN(CCCc1ccccc1)C(=O)Cc1csc(-c2ccsc2)n1. The van der Waals surface area contributed by atoms with Crippen LogP contribution in [0.3, 0.4) is 0 Å². The number of amides is 1. The lowest BCUT2D eigenvalue weighted by Crippen LogP contribution is -2.38. The Balaban J connectivity index is 1.57. The van der Waals surface area contributed by atoms with Crippen LogP contribution >= 0.6 is 22.7 Å². The summed E-state index contributed by atoms with van der Waals surface area (Å²) in [6.45, 7) is 2.40. The Morgan fingerprint density at radius 2 is 1.86 bits per heavy atom. The molecule has 0 aliphatic heterocycles. The van der Waals surface area contributed by atoms with Gasteiger partial charge in [-0.2, -0.15) is 11.3 Å². The lowest BCUT2D eigenvalue weighted by atomic mass is 10.1. The van der Waals surface area contributed by atoms with E-state index in [9.17, 15) is 4.79 Å². The van der Waals surface area contributed by atoms with Crippen molar-refractivity contribution in [3.8, 4) is 10.6 Å². The molecular weight excluding hydrogens is 386 g/mol. The van der Waals surface area contributed by atoms with Crippen molar-refractivity contribution in [1.29, 1.82) is 0 Å². The zero-order valence-corrected chi connectivity index (χ0v) is 18.1. The average molecular weight is 414 g/mol. The first kappa shape index (κ1) is 20.7. The highest BCUT2D eigenvalue weighted by Crippen LogP contribution is 2.26. The molecule has 0 saturated heterocycles. The number of aromatic nitrogens is 1. The molecule has 3 aromatic rings. The fourth-order valence-corrected chi connectivity index (χ4v) is 4.51. The van der Waals surface area contributed by atoms with Crippen LogP contribution in [0.25, 0.3) is 10.6 Å². The molecule has 1 aromatic carbocycles. The summed E-state index contributed by atoms with van der Waals surface area (Å²) in [5.41, 5.74) is 3.33. The third-order valence-corrected chi connectivity index (χ3v) is 6.18. The van der Waals surface area contributed by atoms with Crippen LogP contribution in [0.1, 0.15) is 17.7 Å². The maximum absolute atomic E-state index is 12.9. The summed E-state index contributed by atoms with van der Waals surface area (Å²) in [5, 5.41) is 7.15. The summed E-state index contributed by atoms with van der Waals surface area (Å²) in [4.78, 5) is 21.7. The van der Waals surface area contributed by atoms with E-state index in [0.717, 1.165) is 48.7 Å². The van der Waals surface area contributed by atoms with Gasteiger partial charge in [-0.1, -0.05) is 30.3 Å². The molecule has 0 spiro atoms. The Labute approximate surface area is 175 Å². The Morgan fingerprint density at radius 1 is 1.04 bits per heavy atom. The quantitative estimate of drug-likeness (QED) is 0.493. The molecule has 0 bridgehead atoms. The standard InChI is InChI=1S/C22H27N3OS2/c1-24(2)12-13-25(11-6-9-18-7-4-3-5-8-18)21(26)15-20-17-28-22(23-20)19-10-14-27-16-19/h3-5,7-8,10,14,16-17H,6,9,11-13,15H2,1-2H3. The number of benzene rings is 1. The maximum atomic E-state index is 12.9. The van der Waals surface area contributed by atoms with Crippen molar-refractivity contribution in [3.05, 3.63) is 63.8 Å². The predicted molar refractivity (Wildman–Crippen MR) is 119 cm³/mol. The molecule has 0 aliphatic rings. The van der Waals surface area contributed by atoms with Gasteiger partial charge in [0.1, 0.15) is 5.01 Å². The molecule has 0 fully saturated rings. The molecule has 0 saturated carbocycles. The van der Waals surface area contributed by atoms with Gasteiger partial charge in [0.15, 0.2) is 0 Å². The maximum Gasteiger partial charge on any atom is 0.228 e. The van der Waals surface area contributed by atoms with Crippen LogP contribution < -0.4 is 0 Å². The van der Waals surface area contributed by atoms with Crippen molar-refractivity contribution >= 4 is 28.6 Å². The normalized spacial score (nSPS) is 11.1. The summed E-state index contributed by atoms with van der Waals surface area (Å²) in [6.07, 6.45) is 2.34. The van der Waals surface area contributed by atoms with Crippen LogP contribution in [-0.4, -0.2) is 54.4 Å². The molecule has 2 heterocycles. The predicted octanol–water partition coefficient (Wildman–Crippen LogP) is 4.44. The average Bonchev–Trinajstić information content (AvgIpc) is 3.36. The number of hydrogen-bond donors (Lipinski definition) is 0. The first-order valence-electron chi connectivity index (χ1n) is 9.55. The van der Waals surface area contributed by atoms with E-state index in [1.54, 1.807) is 22.7 Å². The van der Waals surface area contributed by atoms with Crippen LogP contribution in [0.15, 0.2) is 52.5 Å². The highest BCUT2D eigenvalue weighted by Gasteiger charge is 2.16. The first-order chi connectivity index (χ1) is 13.6. The molecule has 0 N–H and O–H groups in total. The Bertz CT molecular complexity index is 844. The number of thiophene rings is 1. The Kier molecular flexibility index (Phi) is 7.77. The summed E-state index contributed by atoms with van der Waals surface area (Å²) in [7, 11) is 4.08. The molecule has 2 aromatic heterocycles. The number of carbonyl (C=O) groups is 1. The molecule has 0 unspecified atom stereocenters. The summed E-state index contributed by atoms with van der Waals surface area (Å²) < 4.78 is 0. The topological polar surface area (TPSA) is 36.4 Å². The van der Waals surface area contributed by atoms with E-state index < -0.39 is 0 Å². The number of rotatable bonds is 10. The first-order valence-corrected chi connectivity index (χ1v) is 11.4. The molecule has 28 heavy (non-hydrogen) atoms. The largest absolute Gasteiger partial charge is 0.341 e. The second-order valence-electron chi connectivity index (χ2n) is 7.11. The lowest BCUT2D eigenvalue weighted by Gasteiger charge is -2.24. The van der Waals surface area contributed by atoms with Crippen molar-refractivity contribution in [2.75, 3.05) is 33.7 Å². The zero-order valence-electron chi connectivity index (χ0n) is 16.5. The lowest BCUT2D eigenvalue weighted by molar-refractivity contribution is -0.130. The van der Waals surface area contributed by atoms with E-state index in [2.05, 4.69) is 51.0 Å². The molecule has 1 amide bonds. The number of likely N-dealkylation sites (N-methyl/N-ethyl adjacent to an activating group) is 1. The van der Waals surface area contributed by atoms with Crippen LogP contribution in [0.5, 0.6) is 0 Å². The summed E-state index contributed by atoms with van der Waals surface area (Å²) in [5.74, 6) is 0.164. The molecule has 6 heteroatoms. The van der Waals surface area contributed by atoms with E-state index in [0.29, 0.717) is 6.42 Å². The fourth-order valence-electron chi connectivity index (χ4n) is 2.97. The van der Waals surface area contributed by atoms with E-state index in [-0.39, 0.29) is 5.91 Å². The van der Waals surface area contributed by atoms with Gasteiger partial charge in [-0.05, 0) is 43.9 Å². The second-order valence-corrected chi connectivity index (χ2v) is 8.74. The van der Waals surface area contributed by atoms with Crippen molar-refractivity contribution in [1.82, 2.24) is 14.8 Å². The number of thiazole rings is 1. The number of hydrogen-bond acceptors (Lipinski definition) is 5. The van der Waals surface area contributed by atoms with Gasteiger partial charge in [0.2, 0.25) is 5.91 Å². The van der Waals surface area contributed by atoms with Gasteiger partial charge < -0.3 is 9.80 Å². The van der Waals surface area contributed by atoms with Gasteiger partial charge in [-0.3, -0.25) is 4.79 Å². The number of carbonyl (C=O) groups excluding carboxylic acids is 1. The van der Waals surface area contributed by atoms with Gasteiger partial charge in [0.05, 0.1) is 12.1 Å². The summed E-state index contributed by atoms with van der Waals surface area (Å²) in [6, 6.07) is 12.5. The minimum atomic E-state index is 0.164. The minimum absolute atomic E-state index is 0.164. The van der Waals surface area contributed by atoms with Gasteiger partial charge >= 0.3 is 0 Å². The highest BCUT2D eigenvalue weighted by molar-refractivity contribution is 7.14. The Morgan fingerprint density at radius 3 is 2.57 bits per heavy atom. The van der Waals surface area contributed by atoms with Crippen molar-refractivity contribution in [2.45, 2.75) is 19.3 Å². The molecule has 4 nitrogen and oxygen atoms in total. The van der Waals surface area contributed by atoms with Crippen molar-refractivity contribution in [2.24, 2.45) is 0 Å². The monoisotopic (exact) mass is 413 g/mol. The van der Waals surface area contributed by atoms with Crippen LogP contribution in [0.2, 0.25) is 0 Å². The molecule has 0 atom stereocenters.